The highest BCUT2D eigenvalue weighted by Crippen LogP contribution is 2.34. The zero-order chi connectivity index (χ0) is 15.6. The molecule has 21 heavy (non-hydrogen) atoms. The van der Waals surface area contributed by atoms with Gasteiger partial charge in [-0.25, -0.2) is 0 Å². The Morgan fingerprint density at radius 3 is 2.57 bits per heavy atom. The van der Waals surface area contributed by atoms with Crippen LogP contribution >= 0.6 is 0 Å². The van der Waals surface area contributed by atoms with E-state index < -0.39 is 5.79 Å². The number of esters is 2. The van der Waals surface area contributed by atoms with Gasteiger partial charge < -0.3 is 18.9 Å². The minimum Gasteiger partial charge on any atom is -0.462 e. The van der Waals surface area contributed by atoms with Gasteiger partial charge in [0, 0.05) is 13.3 Å². The molecule has 0 aliphatic carbocycles. The van der Waals surface area contributed by atoms with Gasteiger partial charge in [0.2, 0.25) is 0 Å². The van der Waals surface area contributed by atoms with E-state index in [0.717, 1.165) is 0 Å². The molecule has 2 aliphatic heterocycles. The first-order chi connectivity index (χ1) is 9.75. The van der Waals surface area contributed by atoms with Gasteiger partial charge in [0.25, 0.3) is 0 Å². The molecule has 2 saturated heterocycles. The van der Waals surface area contributed by atoms with Gasteiger partial charge in [-0.1, -0.05) is 0 Å². The largest absolute Gasteiger partial charge is 0.462 e. The van der Waals surface area contributed by atoms with Crippen LogP contribution in [0.5, 0.6) is 0 Å². The lowest BCUT2D eigenvalue weighted by atomic mass is 9.99. The van der Waals surface area contributed by atoms with Crippen LogP contribution in [0.3, 0.4) is 0 Å². The molecule has 0 saturated carbocycles. The molecule has 6 nitrogen and oxygen atoms in total. The van der Waals surface area contributed by atoms with E-state index in [-0.39, 0.29) is 42.8 Å². The van der Waals surface area contributed by atoms with Crippen LogP contribution in [0.25, 0.3) is 0 Å². The van der Waals surface area contributed by atoms with Crippen LogP contribution in [0.15, 0.2) is 0 Å². The van der Waals surface area contributed by atoms with Crippen LogP contribution < -0.4 is 0 Å². The third-order valence-corrected chi connectivity index (χ3v) is 3.69. The van der Waals surface area contributed by atoms with E-state index in [2.05, 4.69) is 0 Å². The Morgan fingerprint density at radius 2 is 1.90 bits per heavy atom. The van der Waals surface area contributed by atoms with Gasteiger partial charge in [-0.15, -0.1) is 0 Å². The maximum absolute atomic E-state index is 11.9. The smallest absolute Gasteiger partial charge is 0.308 e. The fourth-order valence-electron chi connectivity index (χ4n) is 2.99. The van der Waals surface area contributed by atoms with Crippen LogP contribution in [0, 0.1) is 0 Å². The van der Waals surface area contributed by atoms with Crippen molar-refractivity contribution in [1.29, 1.82) is 0 Å². The highest BCUT2D eigenvalue weighted by atomic mass is 16.8. The van der Waals surface area contributed by atoms with E-state index in [4.69, 9.17) is 18.9 Å². The molecule has 2 rings (SSSR count). The van der Waals surface area contributed by atoms with E-state index in [1.807, 2.05) is 20.8 Å². The van der Waals surface area contributed by atoms with Crippen molar-refractivity contribution in [1.82, 2.24) is 0 Å². The quantitative estimate of drug-likeness (QED) is 0.689. The average molecular weight is 300 g/mol. The van der Waals surface area contributed by atoms with Crippen LogP contribution in [0.2, 0.25) is 0 Å². The molecule has 0 aromatic rings. The lowest BCUT2D eigenvalue weighted by Crippen LogP contribution is -2.33. The van der Waals surface area contributed by atoms with Gasteiger partial charge in [-0.3, -0.25) is 9.59 Å². The second-order valence-electron chi connectivity index (χ2n) is 6.26. The molecule has 0 radical (unpaired) electrons. The van der Waals surface area contributed by atoms with E-state index in [9.17, 15) is 9.59 Å². The minimum absolute atomic E-state index is 0.181. The highest BCUT2D eigenvalue weighted by molar-refractivity contribution is 5.70. The van der Waals surface area contributed by atoms with Gasteiger partial charge in [0.1, 0.15) is 12.2 Å². The van der Waals surface area contributed by atoms with Crippen molar-refractivity contribution < 1.29 is 28.5 Å². The lowest BCUT2D eigenvalue weighted by molar-refractivity contribution is -0.159. The molecule has 2 heterocycles. The summed E-state index contributed by atoms with van der Waals surface area (Å²) in [5.41, 5.74) is 0. The number of carbonyl (C=O) groups is 2. The maximum atomic E-state index is 11.9. The predicted molar refractivity (Wildman–Crippen MR) is 73.4 cm³/mol. The summed E-state index contributed by atoms with van der Waals surface area (Å²) in [6.45, 7) is 6.86. The number of carbonyl (C=O) groups excluding carboxylic acids is 2. The molecule has 4 unspecified atom stereocenters. The molecule has 0 spiro atoms. The molecule has 120 valence electrons. The Labute approximate surface area is 125 Å². The number of ether oxygens (including phenoxy) is 4. The van der Waals surface area contributed by atoms with Crippen molar-refractivity contribution >= 4 is 11.9 Å². The Morgan fingerprint density at radius 1 is 1.24 bits per heavy atom. The van der Waals surface area contributed by atoms with Gasteiger partial charge >= 0.3 is 11.9 Å². The van der Waals surface area contributed by atoms with Gasteiger partial charge in [0.15, 0.2) is 5.79 Å². The van der Waals surface area contributed by atoms with Crippen molar-refractivity contribution in [3.05, 3.63) is 0 Å². The van der Waals surface area contributed by atoms with Crippen LogP contribution in [-0.4, -0.2) is 42.1 Å². The molecule has 2 aliphatic rings. The molecule has 0 bridgehead atoms. The summed E-state index contributed by atoms with van der Waals surface area (Å²) in [5.74, 6) is -1.33. The summed E-state index contributed by atoms with van der Waals surface area (Å²) in [6, 6.07) is 0. The Hall–Kier alpha value is -1.14. The fraction of sp³-hybridized carbons (Fsp3) is 0.867. The summed E-state index contributed by atoms with van der Waals surface area (Å²) >= 11 is 0. The number of fused-ring (bicyclic) bond motifs is 1. The zero-order valence-corrected chi connectivity index (χ0v) is 13.1. The van der Waals surface area contributed by atoms with E-state index in [0.29, 0.717) is 19.3 Å². The topological polar surface area (TPSA) is 71.1 Å². The van der Waals surface area contributed by atoms with E-state index in [1.165, 1.54) is 6.92 Å². The van der Waals surface area contributed by atoms with Gasteiger partial charge in [-0.2, -0.15) is 0 Å². The average Bonchev–Trinajstić information content (AvgIpc) is 2.58. The first-order valence-corrected chi connectivity index (χ1v) is 7.47. The van der Waals surface area contributed by atoms with Crippen molar-refractivity contribution in [3.63, 3.8) is 0 Å². The van der Waals surface area contributed by atoms with Crippen molar-refractivity contribution in [2.75, 3.05) is 0 Å². The van der Waals surface area contributed by atoms with Gasteiger partial charge in [-0.05, 0) is 33.6 Å². The lowest BCUT2D eigenvalue weighted by Gasteiger charge is -2.25. The Balaban J connectivity index is 2.08. The Bertz CT molecular complexity index is 405. The second kappa shape index (κ2) is 6.32. The molecule has 0 amide bonds. The standard InChI is InChI=1S/C15H24O6/c1-9-7-11(19-10(2)16)5-6-12-13(8-14(17)18-9)21-15(3,4)20-12/h9,11-13H,5-8H2,1-4H3. The monoisotopic (exact) mass is 300 g/mol. The van der Waals surface area contributed by atoms with Gasteiger partial charge in [0.05, 0.1) is 18.6 Å². The van der Waals surface area contributed by atoms with Crippen LogP contribution in [-0.2, 0) is 28.5 Å². The number of rotatable bonds is 1. The zero-order valence-electron chi connectivity index (χ0n) is 13.1. The highest BCUT2D eigenvalue weighted by Gasteiger charge is 2.43. The van der Waals surface area contributed by atoms with Crippen LogP contribution in [0.4, 0.5) is 0 Å². The third-order valence-electron chi connectivity index (χ3n) is 3.69. The molecule has 0 aromatic heterocycles. The molecule has 2 fully saturated rings. The molecular weight excluding hydrogens is 276 g/mol. The molecule has 0 N–H and O–H groups in total. The first-order valence-electron chi connectivity index (χ1n) is 7.47. The molecular formula is C15H24O6. The number of hydrogen-bond acceptors (Lipinski definition) is 6. The minimum atomic E-state index is -0.702. The predicted octanol–water partition coefficient (Wildman–Crippen LogP) is 1.94. The summed E-state index contributed by atoms with van der Waals surface area (Å²) < 4.78 is 22.3. The van der Waals surface area contributed by atoms with Crippen LogP contribution in [0.1, 0.15) is 53.4 Å². The third kappa shape index (κ3) is 4.68. The molecule has 0 aromatic carbocycles. The van der Waals surface area contributed by atoms with Crippen molar-refractivity contribution in [2.24, 2.45) is 0 Å². The molecule has 6 heteroatoms. The number of hydrogen-bond donors (Lipinski definition) is 0. The summed E-state index contributed by atoms with van der Waals surface area (Å²) in [5, 5.41) is 0. The second-order valence-corrected chi connectivity index (χ2v) is 6.26. The SMILES string of the molecule is CC(=O)OC1CCC2OC(C)(C)OC2CC(=O)OC(C)C1. The van der Waals surface area contributed by atoms with Crippen molar-refractivity contribution in [3.8, 4) is 0 Å². The fourth-order valence-corrected chi connectivity index (χ4v) is 2.99. The van der Waals surface area contributed by atoms with E-state index in [1.54, 1.807) is 0 Å². The summed E-state index contributed by atoms with van der Waals surface area (Å²) in [7, 11) is 0. The Kier molecular flexibility index (Phi) is 4.88. The van der Waals surface area contributed by atoms with Crippen molar-refractivity contribution in [2.45, 2.75) is 83.6 Å². The molecule has 4 atom stereocenters. The number of cyclic esters (lactones) is 1. The van der Waals surface area contributed by atoms with E-state index >= 15 is 0 Å². The summed E-state index contributed by atoms with van der Waals surface area (Å²) in [6.07, 6.45) is 1.01. The first kappa shape index (κ1) is 16.2. The maximum Gasteiger partial charge on any atom is 0.308 e. The summed E-state index contributed by atoms with van der Waals surface area (Å²) in [4.78, 5) is 23.1. The normalized spacial score (nSPS) is 36.5.